The van der Waals surface area contributed by atoms with Gasteiger partial charge in [0.05, 0.1) is 6.61 Å². The lowest BCUT2D eigenvalue weighted by atomic mass is 10.4. The van der Waals surface area contributed by atoms with Gasteiger partial charge >= 0.3 is 0 Å². The van der Waals surface area contributed by atoms with Crippen molar-refractivity contribution in [1.82, 2.24) is 0 Å². The molecule has 0 atom stereocenters. The molecular formula is C4H8O3. The van der Waals surface area contributed by atoms with Crippen molar-refractivity contribution in [2.24, 2.45) is 0 Å². The van der Waals surface area contributed by atoms with E-state index in [-0.39, 0.29) is 12.2 Å². The predicted molar refractivity (Wildman–Crippen MR) is 25.0 cm³/mol. The highest BCUT2D eigenvalue weighted by Crippen LogP contribution is 1.91. The van der Waals surface area contributed by atoms with E-state index in [1.807, 2.05) is 0 Å². The van der Waals surface area contributed by atoms with Crippen molar-refractivity contribution in [1.29, 1.82) is 0 Å². The van der Waals surface area contributed by atoms with Crippen molar-refractivity contribution in [3.05, 3.63) is 11.5 Å². The average Bonchev–Trinajstić information content (AvgIpc) is 1.65. The smallest absolute Gasteiger partial charge is 0.275 e. The summed E-state index contributed by atoms with van der Waals surface area (Å²) in [6.07, 6.45) is 0. The number of rotatable bonds is 1. The van der Waals surface area contributed by atoms with E-state index in [2.05, 4.69) is 0 Å². The molecular weight excluding hydrogens is 96.0 g/mol. The van der Waals surface area contributed by atoms with E-state index in [1.165, 1.54) is 6.92 Å². The Labute approximate surface area is 41.5 Å². The van der Waals surface area contributed by atoms with Crippen molar-refractivity contribution in [2.75, 3.05) is 6.61 Å². The van der Waals surface area contributed by atoms with Gasteiger partial charge in [-0.05, 0) is 6.92 Å². The van der Waals surface area contributed by atoms with Crippen LogP contribution in [0.25, 0.3) is 0 Å². The first-order valence-electron chi connectivity index (χ1n) is 1.87. The van der Waals surface area contributed by atoms with Crippen LogP contribution in [0, 0.1) is 0 Å². The second-order valence-electron chi connectivity index (χ2n) is 1.26. The predicted octanol–water partition coefficient (Wildman–Crippen LogP) is 0.326. The number of hydrogen-bond donors (Lipinski definition) is 3. The molecule has 0 heterocycles. The molecule has 0 aliphatic rings. The van der Waals surface area contributed by atoms with E-state index in [0.29, 0.717) is 0 Å². The molecule has 0 radical (unpaired) electrons. The molecule has 42 valence electrons. The van der Waals surface area contributed by atoms with Crippen molar-refractivity contribution in [2.45, 2.75) is 6.92 Å². The maximum atomic E-state index is 8.13. The molecule has 0 unspecified atom stereocenters. The van der Waals surface area contributed by atoms with Crippen molar-refractivity contribution in [3.63, 3.8) is 0 Å². The van der Waals surface area contributed by atoms with E-state index in [4.69, 9.17) is 15.3 Å². The highest BCUT2D eigenvalue weighted by Gasteiger charge is 1.90. The van der Waals surface area contributed by atoms with E-state index in [0.717, 1.165) is 0 Å². The first kappa shape index (κ1) is 6.30. The van der Waals surface area contributed by atoms with Gasteiger partial charge in [-0.3, -0.25) is 0 Å². The lowest BCUT2D eigenvalue weighted by Gasteiger charge is -1.90. The molecule has 0 saturated carbocycles. The van der Waals surface area contributed by atoms with E-state index < -0.39 is 5.95 Å². The molecule has 0 aromatic carbocycles. The first-order chi connectivity index (χ1) is 3.18. The third-order valence-electron chi connectivity index (χ3n) is 0.619. The van der Waals surface area contributed by atoms with Gasteiger partial charge in [-0.25, -0.2) is 0 Å². The van der Waals surface area contributed by atoms with E-state index in [1.54, 1.807) is 0 Å². The summed E-state index contributed by atoms with van der Waals surface area (Å²) in [6, 6.07) is 0. The Morgan fingerprint density at radius 2 is 1.86 bits per heavy atom. The highest BCUT2D eigenvalue weighted by molar-refractivity contribution is 4.96. The summed E-state index contributed by atoms with van der Waals surface area (Å²) in [4.78, 5) is 0. The summed E-state index contributed by atoms with van der Waals surface area (Å²) in [6.45, 7) is 1.12. The van der Waals surface area contributed by atoms with Crippen molar-refractivity contribution in [3.8, 4) is 0 Å². The van der Waals surface area contributed by atoms with Gasteiger partial charge in [0.25, 0.3) is 5.95 Å². The Balaban J connectivity index is 3.72. The van der Waals surface area contributed by atoms with Crippen LogP contribution < -0.4 is 0 Å². The van der Waals surface area contributed by atoms with E-state index in [9.17, 15) is 0 Å². The van der Waals surface area contributed by atoms with Crippen LogP contribution >= 0.6 is 0 Å². The van der Waals surface area contributed by atoms with E-state index >= 15 is 0 Å². The molecule has 3 nitrogen and oxygen atoms in total. The monoisotopic (exact) mass is 104 g/mol. The van der Waals surface area contributed by atoms with Crippen LogP contribution in [-0.4, -0.2) is 21.9 Å². The minimum absolute atomic E-state index is 0.181. The minimum Gasteiger partial charge on any atom is -0.481 e. The number of aliphatic hydroxyl groups excluding tert-OH is 2. The molecule has 0 aliphatic carbocycles. The average molecular weight is 104 g/mol. The Bertz CT molecular complexity index is 80.9. The van der Waals surface area contributed by atoms with Crippen LogP contribution in [0.1, 0.15) is 6.92 Å². The summed E-state index contributed by atoms with van der Waals surface area (Å²) in [5.41, 5.74) is 0.181. The molecule has 0 aliphatic heterocycles. The number of aliphatic hydroxyl groups is 3. The first-order valence-corrected chi connectivity index (χ1v) is 1.87. The molecule has 0 aromatic heterocycles. The second kappa shape index (κ2) is 2.47. The molecule has 7 heavy (non-hydrogen) atoms. The quantitative estimate of drug-likeness (QED) is 0.420. The molecule has 0 saturated heterocycles. The third-order valence-corrected chi connectivity index (χ3v) is 0.619. The Morgan fingerprint density at radius 1 is 1.43 bits per heavy atom. The van der Waals surface area contributed by atoms with Gasteiger partial charge in [0, 0.05) is 5.57 Å². The molecule has 0 rings (SSSR count). The summed E-state index contributed by atoms with van der Waals surface area (Å²) in [7, 11) is 0. The van der Waals surface area contributed by atoms with Crippen LogP contribution in [0.2, 0.25) is 0 Å². The maximum absolute atomic E-state index is 8.13. The molecule has 0 bridgehead atoms. The zero-order valence-electron chi connectivity index (χ0n) is 4.05. The fraction of sp³-hybridized carbons (Fsp3) is 0.500. The van der Waals surface area contributed by atoms with Gasteiger partial charge in [0.2, 0.25) is 0 Å². The molecule has 3 heteroatoms. The van der Waals surface area contributed by atoms with Crippen LogP contribution in [0.5, 0.6) is 0 Å². The van der Waals surface area contributed by atoms with Crippen LogP contribution in [0.3, 0.4) is 0 Å². The fourth-order valence-corrected chi connectivity index (χ4v) is 0.0707. The van der Waals surface area contributed by atoms with Gasteiger partial charge in [-0.15, -0.1) is 0 Å². The Morgan fingerprint density at radius 3 is 1.86 bits per heavy atom. The summed E-state index contributed by atoms with van der Waals surface area (Å²) in [5, 5.41) is 24.3. The SMILES string of the molecule is CC(CO)=C(O)O. The van der Waals surface area contributed by atoms with Crippen molar-refractivity contribution < 1.29 is 15.3 Å². The fourth-order valence-electron chi connectivity index (χ4n) is 0.0707. The van der Waals surface area contributed by atoms with Gasteiger partial charge in [0.15, 0.2) is 0 Å². The maximum Gasteiger partial charge on any atom is 0.275 e. The second-order valence-corrected chi connectivity index (χ2v) is 1.26. The third kappa shape index (κ3) is 2.05. The van der Waals surface area contributed by atoms with Crippen LogP contribution in [-0.2, 0) is 0 Å². The summed E-state index contributed by atoms with van der Waals surface area (Å²) in [5.74, 6) is -0.789. The Hall–Kier alpha value is -0.700. The zero-order chi connectivity index (χ0) is 5.86. The van der Waals surface area contributed by atoms with Gasteiger partial charge in [-0.2, -0.15) is 0 Å². The summed E-state index contributed by atoms with van der Waals surface area (Å²) >= 11 is 0. The Kier molecular flexibility index (Phi) is 2.22. The van der Waals surface area contributed by atoms with Gasteiger partial charge in [-0.1, -0.05) is 0 Å². The molecule has 0 fully saturated rings. The molecule has 3 N–H and O–H groups in total. The lowest BCUT2D eigenvalue weighted by Crippen LogP contribution is -1.89. The lowest BCUT2D eigenvalue weighted by molar-refractivity contribution is 0.176. The largest absolute Gasteiger partial charge is 0.481 e. The molecule has 0 spiro atoms. The van der Waals surface area contributed by atoms with Crippen LogP contribution in [0.15, 0.2) is 11.5 Å². The standard InChI is InChI=1S/C4H8O3/c1-3(2-5)4(6)7/h5-7H,2H2,1H3. The normalized spacial score (nSPS) is 8.29. The van der Waals surface area contributed by atoms with Gasteiger partial charge in [0.1, 0.15) is 0 Å². The zero-order valence-corrected chi connectivity index (χ0v) is 4.05. The van der Waals surface area contributed by atoms with Crippen molar-refractivity contribution >= 4 is 0 Å². The van der Waals surface area contributed by atoms with Crippen LogP contribution in [0.4, 0.5) is 0 Å². The highest BCUT2D eigenvalue weighted by atomic mass is 16.5. The molecule has 0 amide bonds. The van der Waals surface area contributed by atoms with Gasteiger partial charge < -0.3 is 15.3 Å². The minimum atomic E-state index is -0.789. The number of hydrogen-bond acceptors (Lipinski definition) is 3. The molecule has 0 aromatic rings. The summed E-state index contributed by atoms with van der Waals surface area (Å²) < 4.78 is 0. The topological polar surface area (TPSA) is 60.7 Å².